The van der Waals surface area contributed by atoms with Gasteiger partial charge in [-0.05, 0) is 36.4 Å². The second-order valence-electron chi connectivity index (χ2n) is 6.83. The van der Waals surface area contributed by atoms with E-state index in [1.54, 1.807) is 18.2 Å². The number of carbonyl (C=O) groups is 2. The number of rotatable bonds is 5. The van der Waals surface area contributed by atoms with Gasteiger partial charge in [-0.3, -0.25) is 14.9 Å². The zero-order chi connectivity index (χ0) is 22.9. The minimum atomic E-state index is -4.80. The smallest absolute Gasteiger partial charge is 0.407 e. The van der Waals surface area contributed by atoms with E-state index < -0.39 is 18.2 Å². The molecule has 0 aliphatic carbocycles. The van der Waals surface area contributed by atoms with Gasteiger partial charge in [0.2, 0.25) is 11.8 Å². The van der Waals surface area contributed by atoms with Gasteiger partial charge < -0.3 is 14.1 Å². The molecule has 32 heavy (non-hydrogen) atoms. The van der Waals surface area contributed by atoms with Crippen LogP contribution < -0.4 is 15.0 Å². The van der Waals surface area contributed by atoms with Crippen molar-refractivity contribution in [3.63, 3.8) is 0 Å². The number of amides is 2. The molecule has 8 nitrogen and oxygen atoms in total. The number of hydrogen-bond acceptors (Lipinski definition) is 6. The van der Waals surface area contributed by atoms with E-state index in [0.717, 1.165) is 12.1 Å². The van der Waals surface area contributed by atoms with Gasteiger partial charge in [0.05, 0.1) is 16.5 Å². The minimum Gasteiger partial charge on any atom is -0.407 e. The molecule has 0 spiro atoms. The Morgan fingerprint density at radius 2 is 1.88 bits per heavy atom. The van der Waals surface area contributed by atoms with E-state index in [2.05, 4.69) is 20.3 Å². The second kappa shape index (κ2) is 8.50. The van der Waals surface area contributed by atoms with Gasteiger partial charge in [0, 0.05) is 18.7 Å². The van der Waals surface area contributed by atoms with Crippen molar-refractivity contribution < 1.29 is 31.9 Å². The molecule has 1 N–H and O–H groups in total. The zero-order valence-electron chi connectivity index (χ0n) is 16.1. The summed E-state index contributed by atoms with van der Waals surface area (Å²) in [6, 6.07) is 11.2. The summed E-state index contributed by atoms with van der Waals surface area (Å²) in [5.41, 5.74) is 0.632. The minimum absolute atomic E-state index is 0.0564. The molecule has 1 aliphatic heterocycles. The first-order chi connectivity index (χ1) is 15.2. The summed E-state index contributed by atoms with van der Waals surface area (Å²) in [6.07, 6.45) is -4.74. The molecule has 1 aromatic heterocycles. The summed E-state index contributed by atoms with van der Waals surface area (Å²) in [5.74, 6) is -1.49. The van der Waals surface area contributed by atoms with Crippen molar-refractivity contribution in [3.05, 3.63) is 65.0 Å². The molecular formula is C20H14ClF3N4O4. The fourth-order valence-electron chi connectivity index (χ4n) is 3.21. The molecule has 0 unspecified atom stereocenters. The number of halogens is 4. The second-order valence-corrected chi connectivity index (χ2v) is 7.23. The lowest BCUT2D eigenvalue weighted by atomic mass is 10.1. The van der Waals surface area contributed by atoms with Gasteiger partial charge in [0.1, 0.15) is 5.75 Å². The predicted octanol–water partition coefficient (Wildman–Crippen LogP) is 4.39. The Labute approximate surface area is 183 Å². The maximum Gasteiger partial charge on any atom is 0.573 e. The topological polar surface area (TPSA) is 97.6 Å². The van der Waals surface area contributed by atoms with Crippen LogP contribution in [0.15, 0.2) is 52.9 Å². The average molecular weight is 467 g/mol. The van der Waals surface area contributed by atoms with Crippen molar-refractivity contribution >= 4 is 35.1 Å². The number of carbonyl (C=O) groups excluding carboxylic acids is 2. The molecular weight excluding hydrogens is 453 g/mol. The highest BCUT2D eigenvalue weighted by molar-refractivity contribution is 6.34. The van der Waals surface area contributed by atoms with Crippen LogP contribution in [0.1, 0.15) is 28.6 Å². The third-order valence-corrected chi connectivity index (χ3v) is 4.97. The lowest BCUT2D eigenvalue weighted by Gasteiger charge is -2.17. The van der Waals surface area contributed by atoms with E-state index in [1.807, 2.05) is 0 Å². The molecule has 0 saturated carbocycles. The van der Waals surface area contributed by atoms with Gasteiger partial charge in [0.25, 0.3) is 5.91 Å². The molecule has 2 amide bonds. The Balaban J connectivity index is 1.42. The summed E-state index contributed by atoms with van der Waals surface area (Å²) >= 11 is 5.99. The molecule has 0 radical (unpaired) electrons. The Morgan fingerprint density at radius 3 is 2.56 bits per heavy atom. The van der Waals surface area contributed by atoms with Crippen molar-refractivity contribution in [2.75, 3.05) is 16.8 Å². The number of ether oxygens (including phenoxy) is 1. The quantitative estimate of drug-likeness (QED) is 0.598. The lowest BCUT2D eigenvalue weighted by Crippen LogP contribution is -2.24. The first-order valence-electron chi connectivity index (χ1n) is 9.25. The number of benzene rings is 2. The van der Waals surface area contributed by atoms with Crippen molar-refractivity contribution in [2.45, 2.75) is 18.7 Å². The van der Waals surface area contributed by atoms with Crippen LogP contribution >= 0.6 is 11.6 Å². The normalized spacial score (nSPS) is 16.3. The third-order valence-electron chi connectivity index (χ3n) is 4.64. The van der Waals surface area contributed by atoms with Gasteiger partial charge in [-0.15, -0.1) is 18.3 Å². The standard InChI is InChI=1S/C20H14ClF3N4O4/c21-15-4-2-1-3-14(15)17(30)25-19-27-26-18(31-19)11-9-16(29)28(10-11)12-5-7-13(8-6-12)32-20(22,23)24/h1-8,11H,9-10H2,(H,25,27,30)/t11-/m0/s1. The number of hydrogen-bond donors (Lipinski definition) is 1. The third kappa shape index (κ3) is 4.83. The Morgan fingerprint density at radius 1 is 1.16 bits per heavy atom. The van der Waals surface area contributed by atoms with Crippen LogP contribution in [0.4, 0.5) is 24.9 Å². The molecule has 166 valence electrons. The van der Waals surface area contributed by atoms with E-state index in [-0.39, 0.29) is 47.1 Å². The van der Waals surface area contributed by atoms with Crippen LogP contribution in [0.25, 0.3) is 0 Å². The highest BCUT2D eigenvalue weighted by atomic mass is 35.5. The SMILES string of the molecule is O=C(Nc1nnc([C@H]2CC(=O)N(c3ccc(OC(F)(F)F)cc3)C2)o1)c1ccccc1Cl. The van der Waals surface area contributed by atoms with Crippen LogP contribution in [0.2, 0.25) is 5.02 Å². The van der Waals surface area contributed by atoms with Crippen LogP contribution in [-0.4, -0.2) is 34.9 Å². The zero-order valence-corrected chi connectivity index (χ0v) is 16.9. The highest BCUT2D eigenvalue weighted by Gasteiger charge is 2.35. The van der Waals surface area contributed by atoms with E-state index in [1.165, 1.54) is 23.1 Å². The summed E-state index contributed by atoms with van der Waals surface area (Å²) in [6.45, 7) is 0.179. The molecule has 2 heterocycles. The number of nitrogens with zero attached hydrogens (tertiary/aromatic N) is 3. The summed E-state index contributed by atoms with van der Waals surface area (Å²) in [7, 11) is 0. The first kappa shape index (κ1) is 21.6. The monoisotopic (exact) mass is 466 g/mol. The molecule has 1 saturated heterocycles. The van der Waals surface area contributed by atoms with Gasteiger partial charge in [-0.1, -0.05) is 28.8 Å². The highest BCUT2D eigenvalue weighted by Crippen LogP contribution is 2.33. The van der Waals surface area contributed by atoms with Crippen LogP contribution in [-0.2, 0) is 4.79 Å². The van der Waals surface area contributed by atoms with Crippen LogP contribution in [0.3, 0.4) is 0 Å². The van der Waals surface area contributed by atoms with Crippen molar-refractivity contribution in [2.24, 2.45) is 0 Å². The maximum absolute atomic E-state index is 12.4. The molecule has 2 aromatic carbocycles. The molecule has 1 fully saturated rings. The van der Waals surface area contributed by atoms with Crippen LogP contribution in [0, 0.1) is 0 Å². The van der Waals surface area contributed by atoms with E-state index >= 15 is 0 Å². The van der Waals surface area contributed by atoms with E-state index in [0.29, 0.717) is 5.69 Å². The fraction of sp³-hybridized carbons (Fsp3) is 0.200. The Hall–Kier alpha value is -3.60. The summed E-state index contributed by atoms with van der Waals surface area (Å²) < 4.78 is 46.2. The van der Waals surface area contributed by atoms with Gasteiger partial charge in [0.15, 0.2) is 0 Å². The molecule has 1 aliphatic rings. The molecule has 4 rings (SSSR count). The maximum atomic E-state index is 12.4. The van der Waals surface area contributed by atoms with E-state index in [4.69, 9.17) is 16.0 Å². The van der Waals surface area contributed by atoms with Gasteiger partial charge in [-0.25, -0.2) is 0 Å². The predicted molar refractivity (Wildman–Crippen MR) is 107 cm³/mol. The molecule has 0 bridgehead atoms. The molecule has 12 heteroatoms. The fourth-order valence-corrected chi connectivity index (χ4v) is 3.43. The van der Waals surface area contributed by atoms with Gasteiger partial charge in [-0.2, -0.15) is 0 Å². The van der Waals surface area contributed by atoms with Gasteiger partial charge >= 0.3 is 12.4 Å². The van der Waals surface area contributed by atoms with Crippen molar-refractivity contribution in [3.8, 4) is 5.75 Å². The summed E-state index contributed by atoms with van der Waals surface area (Å²) in [5, 5.41) is 10.4. The number of anilines is 2. The Kier molecular flexibility index (Phi) is 5.74. The van der Waals surface area contributed by atoms with Crippen molar-refractivity contribution in [1.82, 2.24) is 10.2 Å². The van der Waals surface area contributed by atoms with Crippen LogP contribution in [0.5, 0.6) is 5.75 Å². The Bertz CT molecular complexity index is 1150. The largest absolute Gasteiger partial charge is 0.573 e. The molecule has 3 aromatic rings. The first-order valence-corrected chi connectivity index (χ1v) is 9.63. The number of alkyl halides is 3. The summed E-state index contributed by atoms with van der Waals surface area (Å²) in [4.78, 5) is 26.1. The van der Waals surface area contributed by atoms with Crippen molar-refractivity contribution in [1.29, 1.82) is 0 Å². The molecule has 1 atom stereocenters. The van der Waals surface area contributed by atoms with E-state index in [9.17, 15) is 22.8 Å². The number of aromatic nitrogens is 2. The average Bonchev–Trinajstić information content (AvgIpc) is 3.34. The lowest BCUT2D eigenvalue weighted by molar-refractivity contribution is -0.274. The number of nitrogens with one attached hydrogen (secondary N) is 1.